The number of aromatic nitrogens is 1. The maximum Gasteiger partial charge on any atom is 0.205 e. The largest absolute Gasteiger partial charge is 0.383 e. The van der Waals surface area contributed by atoms with Crippen LogP contribution in [-0.2, 0) is 16.1 Å². The van der Waals surface area contributed by atoms with Gasteiger partial charge in [0.1, 0.15) is 5.82 Å². The van der Waals surface area contributed by atoms with E-state index in [9.17, 15) is 0 Å². The molecule has 1 aromatic heterocycles. The number of thiazole rings is 1. The number of rotatable bonds is 7. The maximum absolute atomic E-state index is 5.73. The molecule has 1 fully saturated rings. The molecule has 23 heavy (non-hydrogen) atoms. The first kappa shape index (κ1) is 15.9. The maximum atomic E-state index is 5.73. The third-order valence-corrected chi connectivity index (χ3v) is 4.21. The Balaban J connectivity index is 1.48. The first-order valence-electron chi connectivity index (χ1n) is 7.58. The summed E-state index contributed by atoms with van der Waals surface area (Å²) in [6.07, 6.45) is 4.24. The molecule has 122 valence electrons. The zero-order chi connectivity index (χ0) is 15.9. The molecule has 0 spiro atoms. The smallest absolute Gasteiger partial charge is 0.205 e. The third kappa shape index (κ3) is 5.02. The zero-order valence-corrected chi connectivity index (χ0v) is 13.6. The second-order valence-corrected chi connectivity index (χ2v) is 6.20. The van der Waals surface area contributed by atoms with E-state index in [0.717, 1.165) is 30.6 Å². The molecular weight excluding hydrogens is 312 g/mol. The van der Waals surface area contributed by atoms with E-state index in [1.807, 2.05) is 18.2 Å². The van der Waals surface area contributed by atoms with Crippen molar-refractivity contribution < 1.29 is 9.47 Å². The van der Waals surface area contributed by atoms with E-state index in [1.165, 1.54) is 11.3 Å². The summed E-state index contributed by atoms with van der Waals surface area (Å²) < 4.78 is 11.3. The zero-order valence-electron chi connectivity index (χ0n) is 12.8. The third-order valence-electron chi connectivity index (χ3n) is 3.44. The summed E-state index contributed by atoms with van der Waals surface area (Å²) in [6.45, 7) is 2.10. The van der Waals surface area contributed by atoms with E-state index in [4.69, 9.17) is 15.2 Å². The second kappa shape index (κ2) is 8.05. The molecule has 1 aliphatic rings. The molecule has 1 saturated heterocycles. The monoisotopic (exact) mass is 332 g/mol. The lowest BCUT2D eigenvalue weighted by atomic mass is 10.1. The molecule has 6 nitrogen and oxygen atoms in total. The number of nitrogens with one attached hydrogen (secondary N) is 1. The predicted molar refractivity (Wildman–Crippen MR) is 92.8 cm³/mol. The first-order chi connectivity index (χ1) is 11.3. The van der Waals surface area contributed by atoms with Crippen LogP contribution in [-0.4, -0.2) is 30.5 Å². The lowest BCUT2D eigenvalue weighted by molar-refractivity contribution is 0.0106. The molecule has 0 aliphatic carbocycles. The number of hydrogen-bond acceptors (Lipinski definition) is 7. The minimum atomic E-state index is 0.259. The van der Waals surface area contributed by atoms with Crippen LogP contribution in [0.5, 0.6) is 0 Å². The molecule has 2 aromatic rings. The molecule has 0 radical (unpaired) electrons. The van der Waals surface area contributed by atoms with Gasteiger partial charge in [0.15, 0.2) is 0 Å². The minimum absolute atomic E-state index is 0.259. The van der Waals surface area contributed by atoms with Crippen molar-refractivity contribution in [1.29, 1.82) is 0 Å². The van der Waals surface area contributed by atoms with Crippen molar-refractivity contribution >= 4 is 28.5 Å². The standard InChI is InChI=1S/C16H20N4O2S/c17-15-11-23-16(19-15)20-18-8-12-3-1-4-13(7-12)9-21-10-14-5-2-6-22-14/h1,3-4,7-8,11,14H,2,5-6,9-10,17H2,(H,19,20). The quantitative estimate of drug-likeness (QED) is 0.602. The molecule has 0 amide bonds. The van der Waals surface area contributed by atoms with Crippen LogP contribution < -0.4 is 11.2 Å². The summed E-state index contributed by atoms with van der Waals surface area (Å²) >= 11 is 1.42. The van der Waals surface area contributed by atoms with Crippen LogP contribution in [0.2, 0.25) is 0 Å². The van der Waals surface area contributed by atoms with Gasteiger partial charge in [-0.2, -0.15) is 5.10 Å². The Morgan fingerprint density at radius 1 is 1.52 bits per heavy atom. The van der Waals surface area contributed by atoms with Gasteiger partial charge in [-0.1, -0.05) is 18.2 Å². The summed E-state index contributed by atoms with van der Waals surface area (Å²) in [7, 11) is 0. The van der Waals surface area contributed by atoms with Crippen LogP contribution in [0, 0.1) is 0 Å². The van der Waals surface area contributed by atoms with Gasteiger partial charge in [-0.05, 0) is 30.0 Å². The fourth-order valence-corrected chi connectivity index (χ4v) is 2.90. The highest BCUT2D eigenvalue weighted by Crippen LogP contribution is 2.16. The Hall–Kier alpha value is -1.96. The highest BCUT2D eigenvalue weighted by Gasteiger charge is 2.15. The topological polar surface area (TPSA) is 81.8 Å². The van der Waals surface area contributed by atoms with Gasteiger partial charge < -0.3 is 15.2 Å². The van der Waals surface area contributed by atoms with Gasteiger partial charge in [-0.25, -0.2) is 4.98 Å². The van der Waals surface area contributed by atoms with Crippen LogP contribution in [0.1, 0.15) is 24.0 Å². The highest BCUT2D eigenvalue weighted by atomic mass is 32.1. The van der Waals surface area contributed by atoms with Crippen molar-refractivity contribution in [2.75, 3.05) is 24.4 Å². The van der Waals surface area contributed by atoms with Gasteiger partial charge in [0.05, 0.1) is 25.5 Å². The molecule has 0 bridgehead atoms. The van der Waals surface area contributed by atoms with Crippen LogP contribution in [0.25, 0.3) is 0 Å². The summed E-state index contributed by atoms with van der Waals surface area (Å²) in [6, 6.07) is 8.08. The van der Waals surface area contributed by atoms with Gasteiger partial charge in [0, 0.05) is 12.0 Å². The average molecular weight is 332 g/mol. The number of hydrazone groups is 1. The molecule has 3 N–H and O–H groups in total. The lowest BCUT2D eigenvalue weighted by Crippen LogP contribution is -2.13. The van der Waals surface area contributed by atoms with Gasteiger partial charge in [-0.3, -0.25) is 5.43 Å². The lowest BCUT2D eigenvalue weighted by Gasteiger charge is -2.10. The number of benzene rings is 1. The fourth-order valence-electron chi connectivity index (χ4n) is 2.35. The number of nitrogen functional groups attached to an aromatic ring is 1. The van der Waals surface area contributed by atoms with E-state index < -0.39 is 0 Å². The SMILES string of the molecule is Nc1csc(NN=Cc2cccc(COCC3CCCO3)c2)n1. The van der Waals surface area contributed by atoms with Crippen molar-refractivity contribution in [3.8, 4) is 0 Å². The van der Waals surface area contributed by atoms with Crippen LogP contribution >= 0.6 is 11.3 Å². The highest BCUT2D eigenvalue weighted by molar-refractivity contribution is 7.14. The van der Waals surface area contributed by atoms with Crippen molar-refractivity contribution in [2.45, 2.75) is 25.6 Å². The number of anilines is 2. The molecule has 1 atom stereocenters. The fraction of sp³-hybridized carbons (Fsp3) is 0.375. The van der Waals surface area contributed by atoms with Crippen molar-refractivity contribution in [2.24, 2.45) is 5.10 Å². The molecule has 3 rings (SSSR count). The summed E-state index contributed by atoms with van der Waals surface area (Å²) in [4.78, 5) is 4.08. The normalized spacial score (nSPS) is 17.8. The number of nitrogens with zero attached hydrogens (tertiary/aromatic N) is 2. The molecule has 7 heteroatoms. The summed E-state index contributed by atoms with van der Waals surface area (Å²) in [5, 5.41) is 6.61. The van der Waals surface area contributed by atoms with Crippen LogP contribution in [0.15, 0.2) is 34.7 Å². The Bertz CT molecular complexity index is 653. The van der Waals surface area contributed by atoms with E-state index in [1.54, 1.807) is 11.6 Å². The Kier molecular flexibility index (Phi) is 5.57. The van der Waals surface area contributed by atoms with Gasteiger partial charge in [0.25, 0.3) is 0 Å². The Morgan fingerprint density at radius 2 is 2.48 bits per heavy atom. The summed E-state index contributed by atoms with van der Waals surface area (Å²) in [5.74, 6) is 0.498. The molecule has 1 unspecified atom stereocenters. The molecule has 0 saturated carbocycles. The second-order valence-electron chi connectivity index (χ2n) is 5.34. The predicted octanol–water partition coefficient (Wildman–Crippen LogP) is 2.87. The Morgan fingerprint density at radius 3 is 3.26 bits per heavy atom. The summed E-state index contributed by atoms with van der Waals surface area (Å²) in [5.41, 5.74) is 10.5. The van der Waals surface area contributed by atoms with Crippen molar-refractivity contribution in [3.05, 3.63) is 40.8 Å². The first-order valence-corrected chi connectivity index (χ1v) is 8.46. The van der Waals surface area contributed by atoms with Crippen molar-refractivity contribution in [1.82, 2.24) is 4.98 Å². The van der Waals surface area contributed by atoms with Gasteiger partial charge in [0.2, 0.25) is 5.13 Å². The van der Waals surface area contributed by atoms with Crippen LogP contribution in [0.4, 0.5) is 10.9 Å². The minimum Gasteiger partial charge on any atom is -0.383 e. The molecule has 1 aliphatic heterocycles. The number of hydrogen-bond donors (Lipinski definition) is 2. The number of ether oxygens (including phenoxy) is 2. The van der Waals surface area contributed by atoms with Crippen molar-refractivity contribution in [3.63, 3.8) is 0 Å². The van der Waals surface area contributed by atoms with E-state index in [2.05, 4.69) is 21.6 Å². The van der Waals surface area contributed by atoms with E-state index >= 15 is 0 Å². The van der Waals surface area contributed by atoms with Gasteiger partial charge >= 0.3 is 0 Å². The molecule has 2 heterocycles. The van der Waals surface area contributed by atoms with E-state index in [-0.39, 0.29) is 6.10 Å². The van der Waals surface area contributed by atoms with Gasteiger partial charge in [-0.15, -0.1) is 11.3 Å². The van der Waals surface area contributed by atoms with E-state index in [0.29, 0.717) is 24.2 Å². The Labute approximate surface area is 139 Å². The average Bonchev–Trinajstić information content (AvgIpc) is 3.20. The number of nitrogens with two attached hydrogens (primary N) is 1. The van der Waals surface area contributed by atoms with Crippen LogP contribution in [0.3, 0.4) is 0 Å². The molecular formula is C16H20N4O2S. The molecule has 1 aromatic carbocycles.